The van der Waals surface area contributed by atoms with Gasteiger partial charge in [-0.25, -0.2) is 0 Å². The highest BCUT2D eigenvalue weighted by atomic mass is 35.5. The van der Waals surface area contributed by atoms with Crippen LogP contribution < -0.4 is 10.6 Å². The molecule has 0 unspecified atom stereocenters. The number of alkyl halides is 3. The maximum atomic E-state index is 13.1. The van der Waals surface area contributed by atoms with Crippen LogP contribution in [0, 0.1) is 0 Å². The van der Waals surface area contributed by atoms with Crippen molar-refractivity contribution in [3.63, 3.8) is 0 Å². The minimum Gasteiger partial charge on any atom is -0.323 e. The van der Waals surface area contributed by atoms with Crippen molar-refractivity contribution in [2.45, 2.75) is 49.7 Å². The van der Waals surface area contributed by atoms with Gasteiger partial charge in [0.15, 0.2) is 0 Å². The van der Waals surface area contributed by atoms with E-state index in [2.05, 4.69) is 15.7 Å². The van der Waals surface area contributed by atoms with Crippen LogP contribution in [0.2, 0.25) is 5.02 Å². The van der Waals surface area contributed by atoms with E-state index in [9.17, 15) is 18.0 Å². The van der Waals surface area contributed by atoms with E-state index in [-0.39, 0.29) is 29.0 Å². The van der Waals surface area contributed by atoms with Gasteiger partial charge in [0.1, 0.15) is 5.54 Å². The van der Waals surface area contributed by atoms with Crippen molar-refractivity contribution in [3.05, 3.63) is 46.7 Å². The molecule has 4 rings (SSSR count). The molecule has 2 aromatic rings. The lowest BCUT2D eigenvalue weighted by atomic mass is 9.76. The smallest absolute Gasteiger partial charge is 0.323 e. The predicted octanol–water partition coefficient (Wildman–Crippen LogP) is 4.96. The van der Waals surface area contributed by atoms with Crippen molar-refractivity contribution in [2.75, 3.05) is 18.4 Å². The summed E-state index contributed by atoms with van der Waals surface area (Å²) in [6.07, 6.45) is 3.50. The quantitative estimate of drug-likeness (QED) is 0.674. The molecule has 10 heteroatoms. The molecule has 1 saturated carbocycles. The molecule has 2 heterocycles. The normalized spacial score (nSPS) is 18.9. The summed E-state index contributed by atoms with van der Waals surface area (Å²) in [5, 5.41) is 10.4. The summed E-state index contributed by atoms with van der Waals surface area (Å²) in [6, 6.07) is 2.94. The van der Waals surface area contributed by atoms with Crippen LogP contribution in [0.4, 0.5) is 18.9 Å². The highest BCUT2D eigenvalue weighted by Gasteiger charge is 2.47. The molecule has 2 N–H and O–H groups in total. The molecule has 0 spiro atoms. The fraction of sp³-hybridized carbons (Fsp3) is 0.500. The molecule has 1 aliphatic heterocycles. The standard InChI is InChI=1S/C20H22ClF3N4O.ClH/c21-16-10-15(20(22,23)24)2-3-17(16)27-18(29)19(6-1-7-19)28-12-14(11-26-28)13-4-8-25-9-5-13;/h2-3,10-13,25H,1,4-9H2,(H,27,29);1H. The van der Waals surface area contributed by atoms with Gasteiger partial charge in [0.2, 0.25) is 0 Å². The maximum Gasteiger partial charge on any atom is 0.416 e. The molecule has 1 aromatic carbocycles. The molecule has 164 valence electrons. The number of carbonyl (C=O) groups excluding carboxylic acids is 1. The Morgan fingerprint density at radius 1 is 1.27 bits per heavy atom. The van der Waals surface area contributed by atoms with Crippen molar-refractivity contribution >= 4 is 35.6 Å². The van der Waals surface area contributed by atoms with E-state index in [0.717, 1.165) is 50.0 Å². The van der Waals surface area contributed by atoms with Crippen LogP contribution in [0.25, 0.3) is 0 Å². The van der Waals surface area contributed by atoms with Crippen LogP contribution in [-0.2, 0) is 16.5 Å². The zero-order valence-electron chi connectivity index (χ0n) is 16.1. The molecule has 30 heavy (non-hydrogen) atoms. The van der Waals surface area contributed by atoms with Gasteiger partial charge in [0, 0.05) is 6.20 Å². The molecular weight excluding hydrogens is 440 g/mol. The van der Waals surface area contributed by atoms with Crippen LogP contribution in [-0.4, -0.2) is 28.8 Å². The van der Waals surface area contributed by atoms with Gasteiger partial charge in [0.05, 0.1) is 22.5 Å². The Hall–Kier alpha value is -1.77. The molecule has 0 radical (unpaired) electrons. The van der Waals surface area contributed by atoms with Gasteiger partial charge < -0.3 is 10.6 Å². The summed E-state index contributed by atoms with van der Waals surface area (Å²) in [4.78, 5) is 13.1. The van der Waals surface area contributed by atoms with Gasteiger partial charge >= 0.3 is 6.18 Å². The Balaban J connectivity index is 0.00000256. The Labute approximate surface area is 183 Å². The Morgan fingerprint density at radius 3 is 2.53 bits per heavy atom. The lowest BCUT2D eigenvalue weighted by molar-refractivity contribution is -0.137. The summed E-state index contributed by atoms with van der Waals surface area (Å²) < 4.78 is 40.2. The molecule has 1 aliphatic carbocycles. The van der Waals surface area contributed by atoms with E-state index >= 15 is 0 Å². The molecule has 2 fully saturated rings. The number of amides is 1. The topological polar surface area (TPSA) is 59.0 Å². The van der Waals surface area contributed by atoms with Crippen LogP contribution in [0.1, 0.15) is 49.1 Å². The van der Waals surface area contributed by atoms with Crippen LogP contribution in [0.15, 0.2) is 30.6 Å². The molecule has 0 bridgehead atoms. The van der Waals surface area contributed by atoms with E-state index in [1.807, 2.05) is 12.4 Å². The summed E-state index contributed by atoms with van der Waals surface area (Å²) in [7, 11) is 0. The number of piperidine rings is 1. The fourth-order valence-corrected chi connectivity index (χ4v) is 4.27. The van der Waals surface area contributed by atoms with E-state index in [0.29, 0.717) is 18.8 Å². The van der Waals surface area contributed by atoms with E-state index in [1.165, 1.54) is 6.07 Å². The number of rotatable bonds is 4. The average molecular weight is 463 g/mol. The van der Waals surface area contributed by atoms with Gasteiger partial charge in [-0.15, -0.1) is 12.4 Å². The molecular formula is C20H23Cl2F3N4O. The van der Waals surface area contributed by atoms with Crippen LogP contribution in [0.5, 0.6) is 0 Å². The Bertz CT molecular complexity index is 906. The van der Waals surface area contributed by atoms with Crippen molar-refractivity contribution in [1.82, 2.24) is 15.1 Å². The average Bonchev–Trinajstić information content (AvgIpc) is 3.12. The summed E-state index contributed by atoms with van der Waals surface area (Å²) in [5.74, 6) is 0.125. The van der Waals surface area contributed by atoms with E-state index < -0.39 is 17.3 Å². The molecule has 5 nitrogen and oxygen atoms in total. The summed E-state index contributed by atoms with van der Waals surface area (Å²) >= 11 is 6.00. The van der Waals surface area contributed by atoms with E-state index in [1.54, 1.807) is 4.68 Å². The lowest BCUT2D eigenvalue weighted by Gasteiger charge is -2.40. The minimum atomic E-state index is -4.48. The van der Waals surface area contributed by atoms with Gasteiger partial charge in [-0.2, -0.15) is 18.3 Å². The highest BCUT2D eigenvalue weighted by molar-refractivity contribution is 6.33. The number of nitrogens with zero attached hydrogens (tertiary/aromatic N) is 2. The number of aromatic nitrogens is 2. The lowest BCUT2D eigenvalue weighted by Crippen LogP contribution is -2.51. The second-order valence-corrected chi connectivity index (χ2v) is 8.18. The predicted molar refractivity (Wildman–Crippen MR) is 111 cm³/mol. The van der Waals surface area contributed by atoms with Crippen molar-refractivity contribution in [3.8, 4) is 0 Å². The van der Waals surface area contributed by atoms with Crippen molar-refractivity contribution in [1.29, 1.82) is 0 Å². The fourth-order valence-electron chi connectivity index (χ4n) is 4.04. The number of benzene rings is 1. The second kappa shape index (κ2) is 8.77. The first-order valence-electron chi connectivity index (χ1n) is 9.73. The van der Waals surface area contributed by atoms with Gasteiger partial charge in [0.25, 0.3) is 5.91 Å². The first kappa shape index (κ1) is 22.9. The number of halogens is 5. The zero-order valence-corrected chi connectivity index (χ0v) is 17.7. The van der Waals surface area contributed by atoms with Crippen LogP contribution >= 0.6 is 24.0 Å². The molecule has 1 aromatic heterocycles. The third kappa shape index (κ3) is 4.31. The van der Waals surface area contributed by atoms with Crippen LogP contribution in [0.3, 0.4) is 0 Å². The number of carbonyl (C=O) groups is 1. The molecule has 0 atom stereocenters. The summed E-state index contributed by atoms with van der Waals surface area (Å²) in [5.41, 5.74) is -0.380. The second-order valence-electron chi connectivity index (χ2n) is 7.77. The molecule has 1 amide bonds. The van der Waals surface area contributed by atoms with Crippen molar-refractivity contribution in [2.24, 2.45) is 0 Å². The maximum absolute atomic E-state index is 13.1. The zero-order chi connectivity index (χ0) is 20.6. The number of nitrogens with one attached hydrogen (secondary N) is 2. The largest absolute Gasteiger partial charge is 0.416 e. The van der Waals surface area contributed by atoms with E-state index in [4.69, 9.17) is 11.6 Å². The monoisotopic (exact) mass is 462 g/mol. The third-order valence-electron chi connectivity index (χ3n) is 6.00. The minimum absolute atomic E-state index is 0. The highest BCUT2D eigenvalue weighted by Crippen LogP contribution is 2.41. The molecule has 2 aliphatic rings. The first-order chi connectivity index (χ1) is 13.8. The Kier molecular flexibility index (Phi) is 6.69. The van der Waals surface area contributed by atoms with Gasteiger partial charge in [-0.3, -0.25) is 9.48 Å². The Morgan fingerprint density at radius 2 is 1.97 bits per heavy atom. The SMILES string of the molecule is Cl.O=C(Nc1ccc(C(F)(F)F)cc1Cl)C1(n2cc(C3CCNCC3)cn2)CCC1. The third-order valence-corrected chi connectivity index (χ3v) is 6.31. The number of hydrogen-bond acceptors (Lipinski definition) is 3. The first-order valence-corrected chi connectivity index (χ1v) is 10.1. The van der Waals surface area contributed by atoms with Gasteiger partial charge in [-0.1, -0.05) is 11.6 Å². The van der Waals surface area contributed by atoms with Crippen molar-refractivity contribution < 1.29 is 18.0 Å². The number of hydrogen-bond donors (Lipinski definition) is 2. The molecule has 1 saturated heterocycles. The van der Waals surface area contributed by atoms with Gasteiger partial charge in [-0.05, 0) is 74.9 Å². The summed E-state index contributed by atoms with van der Waals surface area (Å²) in [6.45, 7) is 1.93. The number of anilines is 1.